The maximum atomic E-state index is 14.4. The van der Waals surface area contributed by atoms with Crippen LogP contribution >= 0.6 is 15.9 Å². The second-order valence-electron chi connectivity index (χ2n) is 6.75. The van der Waals surface area contributed by atoms with Crippen molar-refractivity contribution >= 4 is 27.4 Å². The van der Waals surface area contributed by atoms with E-state index in [1.165, 1.54) is 18.2 Å². The van der Waals surface area contributed by atoms with Crippen LogP contribution in [0.4, 0.5) is 14.6 Å². The predicted octanol–water partition coefficient (Wildman–Crippen LogP) is 4.92. The molecule has 0 amide bonds. The largest absolute Gasteiger partial charge is 0.467 e. The van der Waals surface area contributed by atoms with Gasteiger partial charge in [0.25, 0.3) is 0 Å². The fraction of sp³-hybridized carbons (Fsp3) is 0.143. The summed E-state index contributed by atoms with van der Waals surface area (Å²) in [7, 11) is 0. The molecule has 0 atom stereocenters. The molecule has 5 rings (SSSR count). The topological polar surface area (TPSA) is 60.7 Å². The Balaban J connectivity index is 1.55. The summed E-state index contributed by atoms with van der Waals surface area (Å²) >= 11 is 3.43. The summed E-state index contributed by atoms with van der Waals surface area (Å²) in [5, 5.41) is 7.57. The number of hydrogen-bond acceptors (Lipinski definition) is 5. The minimum Gasteiger partial charge on any atom is -0.467 e. The molecule has 0 fully saturated rings. The zero-order valence-corrected chi connectivity index (χ0v) is 17.1. The molecule has 3 heterocycles. The van der Waals surface area contributed by atoms with Gasteiger partial charge in [0.05, 0.1) is 23.0 Å². The summed E-state index contributed by atoms with van der Waals surface area (Å²) in [4.78, 5) is 4.54. The molecule has 4 aromatic rings. The van der Waals surface area contributed by atoms with Gasteiger partial charge < -0.3 is 14.8 Å². The Hall–Kier alpha value is -3.04. The van der Waals surface area contributed by atoms with Crippen LogP contribution in [0, 0.1) is 11.6 Å². The molecule has 0 aliphatic carbocycles. The number of nitrogens with zero attached hydrogens (tertiary/aromatic N) is 3. The third-order valence-corrected chi connectivity index (χ3v) is 5.35. The molecule has 152 valence electrons. The van der Waals surface area contributed by atoms with Crippen molar-refractivity contribution in [1.29, 1.82) is 0 Å². The summed E-state index contributed by atoms with van der Waals surface area (Å²) in [5.41, 5.74) is 2.67. The van der Waals surface area contributed by atoms with E-state index in [-0.39, 0.29) is 25.0 Å². The van der Waals surface area contributed by atoms with Crippen LogP contribution in [0.5, 0.6) is 5.75 Å². The van der Waals surface area contributed by atoms with E-state index in [2.05, 4.69) is 31.3 Å². The molecule has 2 aromatic carbocycles. The second-order valence-corrected chi connectivity index (χ2v) is 7.61. The molecule has 0 spiro atoms. The Bertz CT molecular complexity index is 1260. The smallest absolute Gasteiger partial charge is 0.189 e. The molecule has 1 aliphatic heterocycles. The van der Waals surface area contributed by atoms with Crippen LogP contribution in [0.25, 0.3) is 16.9 Å². The van der Waals surface area contributed by atoms with Gasteiger partial charge in [-0.1, -0.05) is 12.1 Å². The average Bonchev–Trinajstić information content (AvgIpc) is 3.13. The van der Waals surface area contributed by atoms with Gasteiger partial charge in [-0.2, -0.15) is 9.61 Å². The fourth-order valence-corrected chi connectivity index (χ4v) is 3.79. The van der Waals surface area contributed by atoms with Crippen molar-refractivity contribution in [2.45, 2.75) is 13.2 Å². The predicted molar refractivity (Wildman–Crippen MR) is 110 cm³/mol. The van der Waals surface area contributed by atoms with Crippen LogP contribution in [0.2, 0.25) is 0 Å². The van der Waals surface area contributed by atoms with Gasteiger partial charge in [0, 0.05) is 29.3 Å². The third kappa shape index (κ3) is 3.40. The normalized spacial score (nSPS) is 13.2. The van der Waals surface area contributed by atoms with Crippen molar-refractivity contribution in [2.24, 2.45) is 0 Å². The quantitative estimate of drug-likeness (QED) is 0.456. The summed E-state index contributed by atoms with van der Waals surface area (Å²) in [6.07, 6.45) is 1.61. The van der Waals surface area contributed by atoms with Crippen LogP contribution in [0.3, 0.4) is 0 Å². The third-order valence-electron chi connectivity index (χ3n) is 4.79. The van der Waals surface area contributed by atoms with Gasteiger partial charge in [0.1, 0.15) is 23.2 Å². The molecular formula is C21H15BrF2N4O2. The Morgan fingerprint density at radius 3 is 2.90 bits per heavy atom. The van der Waals surface area contributed by atoms with Crippen LogP contribution in [0.15, 0.2) is 53.1 Å². The van der Waals surface area contributed by atoms with Crippen molar-refractivity contribution < 1.29 is 18.3 Å². The molecule has 30 heavy (non-hydrogen) atoms. The first-order chi connectivity index (χ1) is 14.6. The SMILES string of the molecule is Fc1cc(CNc2cc(-c3ccccc3F)nc3c(Br)cnn23)c2c(c1)COCO2. The van der Waals surface area contributed by atoms with Crippen molar-refractivity contribution in [3.8, 4) is 17.0 Å². The highest BCUT2D eigenvalue weighted by Crippen LogP contribution is 2.31. The first-order valence-electron chi connectivity index (χ1n) is 9.15. The zero-order chi connectivity index (χ0) is 20.7. The summed E-state index contributed by atoms with van der Waals surface area (Å²) in [5.74, 6) is 0.447. The van der Waals surface area contributed by atoms with Crippen LogP contribution < -0.4 is 10.1 Å². The number of rotatable bonds is 4. The van der Waals surface area contributed by atoms with Gasteiger partial charge >= 0.3 is 0 Å². The Labute approximate surface area is 178 Å². The first-order valence-corrected chi connectivity index (χ1v) is 9.94. The van der Waals surface area contributed by atoms with Crippen molar-refractivity contribution in [1.82, 2.24) is 14.6 Å². The van der Waals surface area contributed by atoms with Gasteiger partial charge in [0.15, 0.2) is 12.4 Å². The maximum absolute atomic E-state index is 14.4. The minimum absolute atomic E-state index is 0.120. The molecule has 1 aliphatic rings. The highest BCUT2D eigenvalue weighted by Gasteiger charge is 2.18. The van der Waals surface area contributed by atoms with E-state index in [0.29, 0.717) is 50.7 Å². The Kier molecular flexibility index (Phi) is 4.84. The van der Waals surface area contributed by atoms with Gasteiger partial charge in [0.2, 0.25) is 0 Å². The Morgan fingerprint density at radius 2 is 2.03 bits per heavy atom. The van der Waals surface area contributed by atoms with Crippen molar-refractivity contribution in [3.63, 3.8) is 0 Å². The van der Waals surface area contributed by atoms with E-state index in [9.17, 15) is 8.78 Å². The molecule has 0 bridgehead atoms. The van der Waals surface area contributed by atoms with Gasteiger partial charge in [-0.05, 0) is 40.2 Å². The number of anilines is 1. The summed E-state index contributed by atoms with van der Waals surface area (Å²) in [6, 6.07) is 11.0. The van der Waals surface area contributed by atoms with Crippen LogP contribution in [0.1, 0.15) is 11.1 Å². The molecule has 2 aromatic heterocycles. The van der Waals surface area contributed by atoms with Crippen molar-refractivity contribution in [2.75, 3.05) is 12.1 Å². The number of nitrogens with one attached hydrogen (secondary N) is 1. The second kappa shape index (κ2) is 7.66. The molecule has 1 N–H and O–H groups in total. The van der Waals surface area contributed by atoms with E-state index < -0.39 is 0 Å². The molecule has 0 saturated heterocycles. The summed E-state index contributed by atoms with van der Waals surface area (Å²) < 4.78 is 41.5. The fourth-order valence-electron chi connectivity index (χ4n) is 3.44. The van der Waals surface area contributed by atoms with Crippen LogP contribution in [-0.2, 0) is 17.9 Å². The lowest BCUT2D eigenvalue weighted by Gasteiger charge is -2.21. The molecule has 6 nitrogen and oxygen atoms in total. The number of benzene rings is 2. The van der Waals surface area contributed by atoms with Gasteiger partial charge in [-0.25, -0.2) is 13.8 Å². The number of hydrogen-bond donors (Lipinski definition) is 1. The van der Waals surface area contributed by atoms with Gasteiger partial charge in [-0.15, -0.1) is 0 Å². The maximum Gasteiger partial charge on any atom is 0.189 e. The van der Waals surface area contributed by atoms with E-state index in [0.717, 1.165) is 0 Å². The number of halogens is 3. The van der Waals surface area contributed by atoms with E-state index in [1.807, 2.05) is 0 Å². The van der Waals surface area contributed by atoms with E-state index in [1.54, 1.807) is 35.0 Å². The average molecular weight is 473 g/mol. The molecule has 0 saturated carbocycles. The van der Waals surface area contributed by atoms with Gasteiger partial charge in [-0.3, -0.25) is 0 Å². The van der Waals surface area contributed by atoms with E-state index >= 15 is 0 Å². The van der Waals surface area contributed by atoms with Crippen LogP contribution in [-0.4, -0.2) is 21.4 Å². The lowest BCUT2D eigenvalue weighted by molar-refractivity contribution is -0.0172. The number of fused-ring (bicyclic) bond motifs is 2. The Morgan fingerprint density at radius 1 is 1.17 bits per heavy atom. The highest BCUT2D eigenvalue weighted by atomic mass is 79.9. The monoisotopic (exact) mass is 472 g/mol. The lowest BCUT2D eigenvalue weighted by atomic mass is 10.1. The molecule has 9 heteroatoms. The summed E-state index contributed by atoms with van der Waals surface area (Å²) in [6.45, 7) is 0.686. The van der Waals surface area contributed by atoms with Crippen molar-refractivity contribution in [3.05, 3.63) is 75.9 Å². The minimum atomic E-state index is -0.372. The number of aromatic nitrogens is 3. The highest BCUT2D eigenvalue weighted by molar-refractivity contribution is 9.10. The lowest BCUT2D eigenvalue weighted by Crippen LogP contribution is -2.15. The standard InChI is InChI=1S/C21H15BrF2N4O2/c22-16-9-26-28-19(7-18(27-21(16)28)15-3-1-2-4-17(15)24)25-8-12-5-14(23)6-13-10-29-11-30-20(12)13/h1-7,9,25H,8,10-11H2. The zero-order valence-electron chi connectivity index (χ0n) is 15.5. The first kappa shape index (κ1) is 19.0. The van der Waals surface area contributed by atoms with E-state index in [4.69, 9.17) is 9.47 Å². The molecule has 0 radical (unpaired) electrons. The molecule has 0 unspecified atom stereocenters. The number of ether oxygens (including phenoxy) is 2. The molecular weight excluding hydrogens is 458 g/mol.